The molecule has 5 N–H and O–H groups in total. The molecule has 14 nitrogen and oxygen atoms in total. The molecule has 1 aromatic heterocycles. The predicted octanol–water partition coefficient (Wildman–Crippen LogP) is -5.63. The van der Waals surface area contributed by atoms with E-state index >= 15 is 0 Å². The predicted molar refractivity (Wildman–Crippen MR) is 113 cm³/mol. The quantitative estimate of drug-likeness (QED) is 0.0831. The summed E-state index contributed by atoms with van der Waals surface area (Å²) in [6, 6.07) is -1.09. The third-order valence-corrected chi connectivity index (χ3v) is 6.74. The first-order chi connectivity index (χ1) is 15.7. The van der Waals surface area contributed by atoms with E-state index in [0.29, 0.717) is 0 Å². The van der Waals surface area contributed by atoms with Gasteiger partial charge in [0.1, 0.15) is 23.7 Å². The number of nitrogens with one attached hydrogen (secondary N) is 1. The number of carbonyl (C=O) groups is 4. The Kier molecular flexibility index (Phi) is 9.72. The van der Waals surface area contributed by atoms with Gasteiger partial charge in [0.05, 0.1) is 18.3 Å². The molecule has 2 atom stereocenters. The molecule has 0 aromatic carbocycles. The van der Waals surface area contributed by atoms with Crippen molar-refractivity contribution in [3.05, 3.63) is 22.3 Å². The standard InChI is InChI=1S/C17H20N6O8S2.Na/c1-22(2-3-24)17(29)31-4-7-5-32-14-10(13(26)23(14)11(7)15(27)28)20-12(25)9(21-30)8-6-33-16(18)19-8;/h6,10,14,24,30H,2-5H2,1H3,(H2,18,19)(H,20,25)(H,27,28);/q;+1/p-1/b21-9-;. The van der Waals surface area contributed by atoms with Crippen LogP contribution in [0.5, 0.6) is 0 Å². The molecule has 0 aliphatic carbocycles. The van der Waals surface area contributed by atoms with Gasteiger partial charge in [-0.25, -0.2) is 9.78 Å². The Balaban J connectivity index is 0.00000408. The van der Waals surface area contributed by atoms with E-state index in [-0.39, 0.29) is 64.9 Å². The Morgan fingerprint density at radius 3 is 2.74 bits per heavy atom. The zero-order valence-electron chi connectivity index (χ0n) is 18.1. The fourth-order valence-electron chi connectivity index (χ4n) is 3.10. The molecule has 17 heteroatoms. The van der Waals surface area contributed by atoms with Crippen LogP contribution in [0.25, 0.3) is 0 Å². The van der Waals surface area contributed by atoms with Crippen LogP contribution < -0.4 is 45.7 Å². The molecule has 0 saturated carbocycles. The van der Waals surface area contributed by atoms with E-state index in [0.717, 1.165) is 32.9 Å². The number of hydrogen-bond donors (Lipinski definition) is 4. The Morgan fingerprint density at radius 1 is 1.47 bits per heavy atom. The molecular weight excluding hydrogens is 503 g/mol. The fourth-order valence-corrected chi connectivity index (χ4v) is 4.98. The van der Waals surface area contributed by atoms with Gasteiger partial charge in [-0.05, 0) is 0 Å². The van der Waals surface area contributed by atoms with Crippen molar-refractivity contribution in [2.75, 3.05) is 38.3 Å². The van der Waals surface area contributed by atoms with E-state index < -0.39 is 53.3 Å². The minimum atomic E-state index is -1.64. The number of rotatable bonds is 8. The van der Waals surface area contributed by atoms with Crippen molar-refractivity contribution < 1.29 is 68.9 Å². The number of aliphatic hydroxyl groups is 1. The first-order valence-corrected chi connectivity index (χ1v) is 11.2. The average Bonchev–Trinajstić information content (AvgIpc) is 3.21. The number of β-lactam (4-membered cyclic amide) rings is 1. The first kappa shape index (κ1) is 27.9. The number of anilines is 1. The molecule has 2 aliphatic rings. The largest absolute Gasteiger partial charge is 1.00 e. The second-order valence-electron chi connectivity index (χ2n) is 6.82. The van der Waals surface area contributed by atoms with Crippen molar-refractivity contribution in [1.29, 1.82) is 0 Å². The number of nitrogen functional groups attached to an aromatic ring is 1. The number of carboxylic acid groups (broad SMARTS) is 1. The summed E-state index contributed by atoms with van der Waals surface area (Å²) in [5.41, 5.74) is 4.79. The number of likely N-dealkylation sites (N-methyl/N-ethyl adjacent to an activating group) is 1. The van der Waals surface area contributed by atoms with Gasteiger partial charge in [0.2, 0.25) is 0 Å². The van der Waals surface area contributed by atoms with E-state index in [4.69, 9.17) is 15.6 Å². The van der Waals surface area contributed by atoms with Crippen molar-refractivity contribution >= 4 is 57.8 Å². The van der Waals surface area contributed by atoms with Crippen LogP contribution in [-0.2, 0) is 19.1 Å². The van der Waals surface area contributed by atoms with Gasteiger partial charge in [0.25, 0.3) is 11.8 Å². The molecule has 0 radical (unpaired) electrons. The number of nitrogens with zero attached hydrogens (tertiary/aromatic N) is 4. The van der Waals surface area contributed by atoms with Gasteiger partial charge < -0.3 is 40.9 Å². The zero-order valence-corrected chi connectivity index (χ0v) is 21.7. The van der Waals surface area contributed by atoms with Gasteiger partial charge >= 0.3 is 35.7 Å². The molecule has 3 heterocycles. The van der Waals surface area contributed by atoms with Crippen LogP contribution in [0.2, 0.25) is 0 Å². The molecule has 34 heavy (non-hydrogen) atoms. The van der Waals surface area contributed by atoms with Crippen molar-refractivity contribution in [1.82, 2.24) is 20.1 Å². The third kappa shape index (κ3) is 5.64. The van der Waals surface area contributed by atoms with Crippen molar-refractivity contribution in [2.24, 2.45) is 5.16 Å². The Morgan fingerprint density at radius 2 is 2.18 bits per heavy atom. The van der Waals surface area contributed by atoms with E-state index in [1.807, 2.05) is 0 Å². The first-order valence-electron chi connectivity index (χ1n) is 9.30. The maximum Gasteiger partial charge on any atom is 1.00 e. The van der Waals surface area contributed by atoms with Crippen LogP contribution in [0.3, 0.4) is 0 Å². The maximum absolute atomic E-state index is 12.7. The number of carbonyl (C=O) groups excluding carboxylic acids is 4. The van der Waals surface area contributed by atoms with Crippen LogP contribution >= 0.6 is 23.1 Å². The van der Waals surface area contributed by atoms with Gasteiger partial charge in [-0.15, -0.1) is 23.1 Å². The molecule has 0 spiro atoms. The number of ether oxygens (including phenoxy) is 1. The number of carboxylic acids is 1. The number of aliphatic hydroxyl groups excluding tert-OH is 1. The molecule has 0 bridgehead atoms. The molecule has 1 aromatic rings. The number of aromatic nitrogens is 1. The summed E-state index contributed by atoms with van der Waals surface area (Å²) >= 11 is 2.17. The van der Waals surface area contributed by atoms with E-state index in [9.17, 15) is 29.5 Å². The Bertz CT molecular complexity index is 1050. The average molecular weight is 522 g/mol. The van der Waals surface area contributed by atoms with Crippen LogP contribution in [0, 0.1) is 0 Å². The van der Waals surface area contributed by atoms with E-state index in [2.05, 4.69) is 15.5 Å². The molecule has 1 fully saturated rings. The number of nitrogens with two attached hydrogens (primary N) is 1. The smallest absolute Gasteiger partial charge is 0.543 e. The Hall–Kier alpha value is -2.37. The number of thioether (sulfide) groups is 1. The summed E-state index contributed by atoms with van der Waals surface area (Å²) in [5.74, 6) is -3.17. The monoisotopic (exact) mass is 522 g/mol. The zero-order chi connectivity index (χ0) is 24.3. The molecule has 3 amide bonds. The van der Waals surface area contributed by atoms with Gasteiger partial charge in [0.15, 0.2) is 10.8 Å². The van der Waals surface area contributed by atoms with Crippen molar-refractivity contribution in [3.8, 4) is 0 Å². The molecular formula is C17H19N6NaO8S2. The van der Waals surface area contributed by atoms with Crippen molar-refractivity contribution in [3.63, 3.8) is 0 Å². The second kappa shape index (κ2) is 11.9. The summed E-state index contributed by atoms with van der Waals surface area (Å²) < 4.78 is 5.05. The SMILES string of the molecule is CN(CCO)C(=O)OCC1=C(C(=O)[O-])N2C(=O)C(NC(=O)/C(=N\O)c3csc(N)n3)C2SC1.[Na+]. The van der Waals surface area contributed by atoms with E-state index in [1.54, 1.807) is 0 Å². The number of hydrogen-bond acceptors (Lipinski definition) is 13. The maximum atomic E-state index is 12.7. The van der Waals surface area contributed by atoms with Gasteiger partial charge in [-0.3, -0.25) is 14.5 Å². The number of fused-ring (bicyclic) bond motifs is 1. The number of thiazole rings is 1. The summed E-state index contributed by atoms with van der Waals surface area (Å²) in [4.78, 5) is 54.7. The summed E-state index contributed by atoms with van der Waals surface area (Å²) in [5, 5.41) is 35.9. The third-order valence-electron chi connectivity index (χ3n) is 4.72. The minimum absolute atomic E-state index is 0. The van der Waals surface area contributed by atoms with Crippen molar-refractivity contribution in [2.45, 2.75) is 11.4 Å². The van der Waals surface area contributed by atoms with Gasteiger partial charge in [0, 0.05) is 30.3 Å². The van der Waals surface area contributed by atoms with Gasteiger partial charge in [-0.1, -0.05) is 5.16 Å². The van der Waals surface area contributed by atoms with Gasteiger partial charge in [-0.2, -0.15) is 0 Å². The Labute approximate surface area is 223 Å². The summed E-state index contributed by atoms with van der Waals surface area (Å²) in [7, 11) is 1.40. The molecule has 2 aliphatic heterocycles. The van der Waals surface area contributed by atoms with Crippen LogP contribution in [0.15, 0.2) is 21.8 Å². The molecule has 178 valence electrons. The summed E-state index contributed by atoms with van der Waals surface area (Å²) in [6.07, 6.45) is -0.778. The van der Waals surface area contributed by atoms with Crippen LogP contribution in [0.1, 0.15) is 5.69 Å². The second-order valence-corrected chi connectivity index (χ2v) is 8.81. The molecule has 3 rings (SSSR count). The fraction of sp³-hybridized carbons (Fsp3) is 0.412. The normalized spacial score (nSPS) is 19.5. The molecule has 2 unspecified atom stereocenters. The van der Waals surface area contributed by atoms with E-state index in [1.165, 1.54) is 12.4 Å². The van der Waals surface area contributed by atoms with Crippen LogP contribution in [0.4, 0.5) is 9.93 Å². The number of aliphatic carboxylic acids is 1. The minimum Gasteiger partial charge on any atom is -0.543 e. The number of oxime groups is 1. The summed E-state index contributed by atoms with van der Waals surface area (Å²) in [6.45, 7) is -0.643. The molecule has 1 saturated heterocycles. The topological polar surface area (TPSA) is 211 Å². The number of amides is 3. The van der Waals surface area contributed by atoms with Crippen LogP contribution in [-0.4, -0.2) is 98.7 Å².